The Balaban J connectivity index is 2.37. The van der Waals surface area contributed by atoms with E-state index in [4.69, 9.17) is 14.9 Å². The molecule has 0 atom stereocenters. The van der Waals surface area contributed by atoms with Crippen LogP contribution < -0.4 is 10.5 Å². The maximum Gasteiger partial charge on any atom is 0.125 e. The lowest BCUT2D eigenvalue weighted by molar-refractivity contribution is 0.415. The first-order valence-corrected chi connectivity index (χ1v) is 4.76. The van der Waals surface area contributed by atoms with E-state index in [1.165, 1.54) is 0 Å². The van der Waals surface area contributed by atoms with E-state index in [1.54, 1.807) is 13.4 Å². The van der Waals surface area contributed by atoms with Gasteiger partial charge in [-0.15, -0.1) is 0 Å². The second-order valence-electron chi connectivity index (χ2n) is 3.19. The minimum absolute atomic E-state index is 0.411. The van der Waals surface area contributed by atoms with E-state index in [9.17, 15) is 0 Å². The van der Waals surface area contributed by atoms with E-state index < -0.39 is 0 Å². The van der Waals surface area contributed by atoms with Gasteiger partial charge in [0.05, 0.1) is 19.9 Å². The van der Waals surface area contributed by atoms with Gasteiger partial charge in [-0.1, -0.05) is 12.1 Å². The van der Waals surface area contributed by atoms with Crippen molar-refractivity contribution in [2.24, 2.45) is 5.73 Å². The lowest BCUT2D eigenvalue weighted by atomic mass is 10.1. The largest absolute Gasteiger partial charge is 0.497 e. The zero-order valence-electron chi connectivity index (χ0n) is 8.57. The van der Waals surface area contributed by atoms with Crippen LogP contribution in [0.2, 0.25) is 0 Å². The third kappa shape index (κ3) is 1.87. The standard InChI is InChI=1S/C12H13NO2/c1-14-10-4-2-9(3-5-10)11-6-7-15-12(11)8-13/h2-7H,8,13H2,1H3. The van der Waals surface area contributed by atoms with Crippen LogP contribution in [0.5, 0.6) is 5.75 Å². The third-order valence-electron chi connectivity index (χ3n) is 2.33. The molecule has 1 aromatic heterocycles. The van der Waals surface area contributed by atoms with Crippen LogP contribution in [0, 0.1) is 0 Å². The number of nitrogens with two attached hydrogens (primary N) is 1. The van der Waals surface area contributed by atoms with Crippen molar-refractivity contribution in [2.75, 3.05) is 7.11 Å². The number of methoxy groups -OCH3 is 1. The van der Waals surface area contributed by atoms with Crippen LogP contribution >= 0.6 is 0 Å². The normalized spacial score (nSPS) is 10.3. The Morgan fingerprint density at radius 2 is 1.93 bits per heavy atom. The molecule has 0 saturated carbocycles. The molecule has 0 spiro atoms. The molecular weight excluding hydrogens is 190 g/mol. The summed E-state index contributed by atoms with van der Waals surface area (Å²) in [6, 6.07) is 9.74. The first kappa shape index (κ1) is 9.80. The third-order valence-corrected chi connectivity index (χ3v) is 2.33. The molecule has 3 heteroatoms. The van der Waals surface area contributed by atoms with Crippen molar-refractivity contribution in [3.8, 4) is 16.9 Å². The molecule has 0 bridgehead atoms. The number of rotatable bonds is 3. The summed E-state index contributed by atoms with van der Waals surface area (Å²) in [4.78, 5) is 0. The van der Waals surface area contributed by atoms with Crippen molar-refractivity contribution >= 4 is 0 Å². The molecule has 78 valence electrons. The molecule has 2 aromatic rings. The molecule has 0 saturated heterocycles. The molecule has 2 rings (SSSR count). The Kier molecular flexibility index (Phi) is 2.74. The molecular formula is C12H13NO2. The van der Waals surface area contributed by atoms with Crippen molar-refractivity contribution in [1.82, 2.24) is 0 Å². The van der Waals surface area contributed by atoms with Crippen LogP contribution in [0.1, 0.15) is 5.76 Å². The maximum atomic E-state index is 5.57. The average molecular weight is 203 g/mol. The van der Waals surface area contributed by atoms with Gasteiger partial charge in [0, 0.05) is 5.56 Å². The van der Waals surface area contributed by atoms with E-state index in [0.717, 1.165) is 22.6 Å². The minimum atomic E-state index is 0.411. The molecule has 2 N–H and O–H groups in total. The predicted octanol–water partition coefficient (Wildman–Crippen LogP) is 2.41. The summed E-state index contributed by atoms with van der Waals surface area (Å²) in [5.74, 6) is 1.65. The van der Waals surface area contributed by atoms with Gasteiger partial charge in [-0.05, 0) is 23.8 Å². The van der Waals surface area contributed by atoms with Gasteiger partial charge in [0.1, 0.15) is 11.5 Å². The zero-order chi connectivity index (χ0) is 10.7. The molecule has 1 heterocycles. The summed E-state index contributed by atoms with van der Waals surface area (Å²) in [5, 5.41) is 0. The molecule has 0 aliphatic rings. The lowest BCUT2D eigenvalue weighted by Crippen LogP contribution is -1.95. The van der Waals surface area contributed by atoms with Crippen molar-refractivity contribution in [2.45, 2.75) is 6.54 Å². The number of furan rings is 1. The molecule has 0 unspecified atom stereocenters. The number of ether oxygens (including phenoxy) is 1. The minimum Gasteiger partial charge on any atom is -0.497 e. The average Bonchev–Trinajstić information content (AvgIpc) is 2.77. The Bertz CT molecular complexity index is 431. The fraction of sp³-hybridized carbons (Fsp3) is 0.167. The molecule has 0 fully saturated rings. The van der Waals surface area contributed by atoms with Gasteiger partial charge in [-0.2, -0.15) is 0 Å². The fourth-order valence-corrected chi connectivity index (χ4v) is 1.53. The monoisotopic (exact) mass is 203 g/mol. The van der Waals surface area contributed by atoms with Gasteiger partial charge >= 0.3 is 0 Å². The molecule has 0 amide bonds. The van der Waals surface area contributed by atoms with Crippen LogP contribution in [-0.2, 0) is 6.54 Å². The Morgan fingerprint density at radius 3 is 2.53 bits per heavy atom. The van der Waals surface area contributed by atoms with Gasteiger partial charge in [0.15, 0.2) is 0 Å². The quantitative estimate of drug-likeness (QED) is 0.833. The van der Waals surface area contributed by atoms with Crippen LogP contribution in [0.15, 0.2) is 41.0 Å². The van der Waals surface area contributed by atoms with Crippen molar-refractivity contribution in [1.29, 1.82) is 0 Å². The Morgan fingerprint density at radius 1 is 1.20 bits per heavy atom. The second-order valence-corrected chi connectivity index (χ2v) is 3.19. The molecule has 0 radical (unpaired) electrons. The van der Waals surface area contributed by atoms with E-state index in [0.29, 0.717) is 6.54 Å². The molecule has 0 aliphatic carbocycles. The highest BCUT2D eigenvalue weighted by molar-refractivity contribution is 5.66. The highest BCUT2D eigenvalue weighted by Gasteiger charge is 2.06. The van der Waals surface area contributed by atoms with E-state index in [2.05, 4.69) is 0 Å². The number of benzene rings is 1. The van der Waals surface area contributed by atoms with Crippen LogP contribution in [-0.4, -0.2) is 7.11 Å². The topological polar surface area (TPSA) is 48.4 Å². The summed E-state index contributed by atoms with van der Waals surface area (Å²) < 4.78 is 10.4. The smallest absolute Gasteiger partial charge is 0.125 e. The predicted molar refractivity (Wildman–Crippen MR) is 58.6 cm³/mol. The molecule has 15 heavy (non-hydrogen) atoms. The summed E-state index contributed by atoms with van der Waals surface area (Å²) >= 11 is 0. The Hall–Kier alpha value is -1.74. The second kappa shape index (κ2) is 4.19. The number of hydrogen-bond donors (Lipinski definition) is 1. The lowest BCUT2D eigenvalue weighted by Gasteiger charge is -2.02. The summed E-state index contributed by atoms with van der Waals surface area (Å²) in [6.07, 6.45) is 1.65. The Labute approximate surface area is 88.5 Å². The SMILES string of the molecule is COc1ccc(-c2ccoc2CN)cc1. The van der Waals surface area contributed by atoms with Gasteiger partial charge in [0.2, 0.25) is 0 Å². The first-order chi connectivity index (χ1) is 7.35. The van der Waals surface area contributed by atoms with E-state index >= 15 is 0 Å². The van der Waals surface area contributed by atoms with E-state index in [-0.39, 0.29) is 0 Å². The van der Waals surface area contributed by atoms with Crippen LogP contribution in [0.4, 0.5) is 0 Å². The summed E-state index contributed by atoms with van der Waals surface area (Å²) in [7, 11) is 1.65. The van der Waals surface area contributed by atoms with Crippen LogP contribution in [0.3, 0.4) is 0 Å². The molecule has 0 aliphatic heterocycles. The van der Waals surface area contributed by atoms with Crippen LogP contribution in [0.25, 0.3) is 11.1 Å². The maximum absolute atomic E-state index is 5.57. The summed E-state index contributed by atoms with van der Waals surface area (Å²) in [6.45, 7) is 0.411. The van der Waals surface area contributed by atoms with Gasteiger partial charge < -0.3 is 14.9 Å². The van der Waals surface area contributed by atoms with Crippen molar-refractivity contribution in [3.63, 3.8) is 0 Å². The van der Waals surface area contributed by atoms with Gasteiger partial charge in [-0.25, -0.2) is 0 Å². The van der Waals surface area contributed by atoms with Crippen molar-refractivity contribution in [3.05, 3.63) is 42.4 Å². The van der Waals surface area contributed by atoms with Gasteiger partial charge in [-0.3, -0.25) is 0 Å². The van der Waals surface area contributed by atoms with E-state index in [1.807, 2.05) is 30.3 Å². The fourth-order valence-electron chi connectivity index (χ4n) is 1.53. The highest BCUT2D eigenvalue weighted by Crippen LogP contribution is 2.26. The first-order valence-electron chi connectivity index (χ1n) is 4.76. The van der Waals surface area contributed by atoms with Gasteiger partial charge in [0.25, 0.3) is 0 Å². The number of hydrogen-bond acceptors (Lipinski definition) is 3. The highest BCUT2D eigenvalue weighted by atomic mass is 16.5. The summed E-state index contributed by atoms with van der Waals surface area (Å²) in [5.41, 5.74) is 7.70. The molecule has 3 nitrogen and oxygen atoms in total. The molecule has 1 aromatic carbocycles. The zero-order valence-corrected chi connectivity index (χ0v) is 8.57. The van der Waals surface area contributed by atoms with Crippen molar-refractivity contribution < 1.29 is 9.15 Å².